The van der Waals surface area contributed by atoms with Gasteiger partial charge in [0, 0.05) is 23.6 Å². The molecule has 1 heterocycles. The second-order valence-corrected chi connectivity index (χ2v) is 4.77. The number of hydrogen-bond acceptors (Lipinski definition) is 2. The molecule has 6 heteroatoms. The molecule has 2 aromatic rings. The molecule has 96 valence electrons. The summed E-state index contributed by atoms with van der Waals surface area (Å²) in [5.74, 6) is 0.383. The van der Waals surface area contributed by atoms with Gasteiger partial charge in [-0.25, -0.2) is 4.39 Å². The molecular formula is C12H13ClFN3S. The van der Waals surface area contributed by atoms with Crippen molar-refractivity contribution in [3.8, 4) is 0 Å². The molecule has 0 fully saturated rings. The fraction of sp³-hybridized carbons (Fsp3) is 0.333. The Kier molecular flexibility index (Phi) is 4.14. The molecule has 0 saturated heterocycles. The highest BCUT2D eigenvalue weighted by atomic mass is 35.5. The molecule has 0 aliphatic rings. The van der Waals surface area contributed by atoms with Gasteiger partial charge in [0.05, 0.1) is 0 Å². The van der Waals surface area contributed by atoms with Gasteiger partial charge >= 0.3 is 0 Å². The average Bonchev–Trinajstić information content (AvgIpc) is 2.67. The van der Waals surface area contributed by atoms with Crippen LogP contribution in [-0.2, 0) is 13.0 Å². The van der Waals surface area contributed by atoms with Gasteiger partial charge in [0.25, 0.3) is 0 Å². The van der Waals surface area contributed by atoms with Gasteiger partial charge in [0.15, 0.2) is 4.77 Å². The first-order valence-electron chi connectivity index (χ1n) is 5.70. The van der Waals surface area contributed by atoms with Crippen molar-refractivity contribution in [2.45, 2.75) is 26.3 Å². The third-order valence-corrected chi connectivity index (χ3v) is 3.35. The average molecular weight is 286 g/mol. The van der Waals surface area contributed by atoms with E-state index in [1.54, 1.807) is 12.1 Å². The summed E-state index contributed by atoms with van der Waals surface area (Å²) in [6, 6.07) is 4.66. The van der Waals surface area contributed by atoms with Crippen molar-refractivity contribution in [1.82, 2.24) is 14.8 Å². The van der Waals surface area contributed by atoms with E-state index in [9.17, 15) is 4.39 Å². The maximum Gasteiger partial charge on any atom is 0.195 e. The zero-order valence-corrected chi connectivity index (χ0v) is 11.5. The quantitative estimate of drug-likeness (QED) is 0.869. The Morgan fingerprint density at radius 3 is 2.94 bits per heavy atom. The van der Waals surface area contributed by atoms with Gasteiger partial charge in [-0.05, 0) is 30.8 Å². The van der Waals surface area contributed by atoms with E-state index in [0.717, 1.165) is 13.0 Å². The summed E-state index contributed by atoms with van der Waals surface area (Å²) in [5, 5.41) is 7.27. The molecular weight excluding hydrogens is 273 g/mol. The van der Waals surface area contributed by atoms with Gasteiger partial charge in [0.2, 0.25) is 0 Å². The molecule has 0 atom stereocenters. The van der Waals surface area contributed by atoms with Crippen LogP contribution in [0.1, 0.15) is 24.7 Å². The summed E-state index contributed by atoms with van der Waals surface area (Å²) in [6.07, 6.45) is 1.27. The van der Waals surface area contributed by atoms with Crippen LogP contribution in [0.5, 0.6) is 0 Å². The summed E-state index contributed by atoms with van der Waals surface area (Å²) in [7, 11) is 0. The molecule has 0 radical (unpaired) electrons. The Hall–Kier alpha value is -1.20. The van der Waals surface area contributed by atoms with E-state index in [2.05, 4.69) is 17.1 Å². The van der Waals surface area contributed by atoms with Crippen molar-refractivity contribution in [1.29, 1.82) is 0 Å². The fourth-order valence-corrected chi connectivity index (χ4v) is 2.27. The number of aromatic nitrogens is 3. The lowest BCUT2D eigenvalue weighted by Gasteiger charge is -2.07. The summed E-state index contributed by atoms with van der Waals surface area (Å²) in [6.45, 7) is 2.81. The van der Waals surface area contributed by atoms with Crippen molar-refractivity contribution in [3.63, 3.8) is 0 Å². The van der Waals surface area contributed by atoms with E-state index >= 15 is 0 Å². The lowest BCUT2D eigenvalue weighted by atomic mass is 10.1. The zero-order chi connectivity index (χ0) is 13.1. The van der Waals surface area contributed by atoms with Crippen molar-refractivity contribution in [2.75, 3.05) is 0 Å². The van der Waals surface area contributed by atoms with Crippen LogP contribution in [0.3, 0.4) is 0 Å². The van der Waals surface area contributed by atoms with Crippen molar-refractivity contribution >= 4 is 23.8 Å². The standard InChI is InChI=1S/C12H13ClFN3S/c1-2-6-17-11(15-16-12(17)18)7-8-9(13)4-3-5-10(8)14/h3-5H,2,6-7H2,1H3,(H,16,18). The van der Waals surface area contributed by atoms with Crippen LogP contribution in [0, 0.1) is 10.6 Å². The van der Waals surface area contributed by atoms with E-state index in [1.807, 2.05) is 4.57 Å². The minimum atomic E-state index is -0.320. The topological polar surface area (TPSA) is 33.6 Å². The van der Waals surface area contributed by atoms with Crippen LogP contribution in [0.25, 0.3) is 0 Å². The Labute approximate surface area is 115 Å². The first-order valence-corrected chi connectivity index (χ1v) is 6.49. The molecule has 1 N–H and O–H groups in total. The predicted molar refractivity (Wildman–Crippen MR) is 71.9 cm³/mol. The first-order chi connectivity index (χ1) is 8.63. The highest BCUT2D eigenvalue weighted by Crippen LogP contribution is 2.21. The minimum Gasteiger partial charge on any atom is -0.304 e. The Balaban J connectivity index is 2.37. The van der Waals surface area contributed by atoms with Crippen LogP contribution < -0.4 is 0 Å². The van der Waals surface area contributed by atoms with Gasteiger partial charge < -0.3 is 4.57 Å². The highest BCUT2D eigenvalue weighted by Gasteiger charge is 2.12. The molecule has 0 bridgehead atoms. The molecule has 3 nitrogen and oxygen atoms in total. The Bertz CT molecular complexity index is 585. The number of hydrogen-bond donors (Lipinski definition) is 1. The largest absolute Gasteiger partial charge is 0.304 e. The molecule has 18 heavy (non-hydrogen) atoms. The van der Waals surface area contributed by atoms with Gasteiger partial charge in [-0.15, -0.1) is 0 Å². The summed E-state index contributed by atoms with van der Waals surface area (Å²) >= 11 is 11.1. The SMILES string of the molecule is CCCn1c(Cc2c(F)cccc2Cl)n[nH]c1=S. The number of H-pyrrole nitrogens is 1. The van der Waals surface area contributed by atoms with Crippen molar-refractivity contribution in [2.24, 2.45) is 0 Å². The molecule has 0 aliphatic heterocycles. The minimum absolute atomic E-state index is 0.320. The Morgan fingerprint density at radius 2 is 2.28 bits per heavy atom. The van der Waals surface area contributed by atoms with Crippen molar-refractivity contribution in [3.05, 3.63) is 45.2 Å². The number of halogens is 2. The first kappa shape index (κ1) is 13.2. The molecule has 0 saturated carbocycles. The molecule has 2 rings (SSSR count). The third kappa shape index (κ3) is 2.62. The maximum atomic E-state index is 13.7. The summed E-state index contributed by atoms with van der Waals surface area (Å²) in [4.78, 5) is 0. The number of aromatic amines is 1. The molecule has 0 aliphatic carbocycles. The summed E-state index contributed by atoms with van der Waals surface area (Å²) in [5.41, 5.74) is 0.450. The molecule has 1 aromatic carbocycles. The molecule has 0 amide bonds. The smallest absolute Gasteiger partial charge is 0.195 e. The van der Waals surface area contributed by atoms with Gasteiger partial charge in [-0.2, -0.15) is 5.10 Å². The number of rotatable bonds is 4. The second kappa shape index (κ2) is 5.63. The lowest BCUT2D eigenvalue weighted by Crippen LogP contribution is -2.06. The maximum absolute atomic E-state index is 13.7. The lowest BCUT2D eigenvalue weighted by molar-refractivity contribution is 0.601. The predicted octanol–water partition coefficient (Wildman–Crippen LogP) is 3.73. The normalized spacial score (nSPS) is 10.8. The van der Waals surface area contributed by atoms with E-state index in [0.29, 0.717) is 27.6 Å². The van der Waals surface area contributed by atoms with Gasteiger partial charge in [-0.3, -0.25) is 5.10 Å². The van der Waals surface area contributed by atoms with E-state index < -0.39 is 0 Å². The second-order valence-electron chi connectivity index (χ2n) is 3.97. The molecule has 0 unspecified atom stereocenters. The third-order valence-electron chi connectivity index (χ3n) is 2.68. The number of nitrogens with one attached hydrogen (secondary N) is 1. The van der Waals surface area contributed by atoms with Crippen LogP contribution >= 0.6 is 23.8 Å². The molecule has 0 spiro atoms. The zero-order valence-electron chi connectivity index (χ0n) is 9.91. The summed E-state index contributed by atoms with van der Waals surface area (Å²) < 4.78 is 16.1. The Morgan fingerprint density at radius 1 is 1.50 bits per heavy atom. The van der Waals surface area contributed by atoms with Crippen LogP contribution in [0.2, 0.25) is 5.02 Å². The van der Waals surface area contributed by atoms with Gasteiger partial charge in [0.1, 0.15) is 11.6 Å². The highest BCUT2D eigenvalue weighted by molar-refractivity contribution is 7.71. The monoisotopic (exact) mass is 285 g/mol. The van der Waals surface area contributed by atoms with E-state index in [-0.39, 0.29) is 5.82 Å². The van der Waals surface area contributed by atoms with Crippen molar-refractivity contribution < 1.29 is 4.39 Å². The van der Waals surface area contributed by atoms with E-state index in [4.69, 9.17) is 23.8 Å². The molecule has 1 aromatic heterocycles. The number of benzene rings is 1. The fourth-order valence-electron chi connectivity index (χ4n) is 1.80. The van der Waals surface area contributed by atoms with Crippen LogP contribution in [-0.4, -0.2) is 14.8 Å². The van der Waals surface area contributed by atoms with E-state index in [1.165, 1.54) is 6.07 Å². The number of nitrogens with zero attached hydrogens (tertiary/aromatic N) is 2. The van der Waals surface area contributed by atoms with Crippen LogP contribution in [0.15, 0.2) is 18.2 Å². The van der Waals surface area contributed by atoms with Crippen LogP contribution in [0.4, 0.5) is 4.39 Å². The van der Waals surface area contributed by atoms with Gasteiger partial charge in [-0.1, -0.05) is 24.6 Å².